The van der Waals surface area contributed by atoms with E-state index in [1.807, 2.05) is 18.2 Å². The molecule has 1 N–H and O–H groups in total. The van der Waals surface area contributed by atoms with Gasteiger partial charge in [0.1, 0.15) is 23.9 Å². The van der Waals surface area contributed by atoms with Crippen molar-refractivity contribution in [2.75, 3.05) is 12.4 Å². The van der Waals surface area contributed by atoms with E-state index < -0.39 is 5.97 Å². The van der Waals surface area contributed by atoms with Gasteiger partial charge in [-0.3, -0.25) is 4.79 Å². The van der Waals surface area contributed by atoms with Gasteiger partial charge in [-0.1, -0.05) is 15.9 Å². The van der Waals surface area contributed by atoms with E-state index in [2.05, 4.69) is 21.2 Å². The number of fused-ring (bicyclic) bond motifs is 1. The minimum absolute atomic E-state index is 0.0115. The normalized spacial score (nSPS) is 13.9. The second kappa shape index (κ2) is 7.97. The molecule has 0 saturated carbocycles. The van der Waals surface area contributed by atoms with Gasteiger partial charge >= 0.3 is 5.97 Å². The molecule has 0 unspecified atom stereocenters. The van der Waals surface area contributed by atoms with E-state index in [0.717, 1.165) is 15.7 Å². The Hall–Kier alpha value is -3.32. The maximum atomic E-state index is 12.3. The highest BCUT2D eigenvalue weighted by Gasteiger charge is 2.24. The van der Waals surface area contributed by atoms with Gasteiger partial charge in [-0.25, -0.2) is 4.79 Å². The molecular formula is C22H16BrNO5. The summed E-state index contributed by atoms with van der Waals surface area (Å²) in [6, 6.07) is 15.7. The molecule has 3 aromatic rings. The van der Waals surface area contributed by atoms with Crippen molar-refractivity contribution in [3.05, 3.63) is 81.7 Å². The van der Waals surface area contributed by atoms with Gasteiger partial charge < -0.3 is 19.2 Å². The van der Waals surface area contributed by atoms with Gasteiger partial charge in [0.05, 0.1) is 18.2 Å². The molecule has 1 aliphatic rings. The summed E-state index contributed by atoms with van der Waals surface area (Å²) in [5.74, 6) is 0.986. The Morgan fingerprint density at radius 1 is 1.14 bits per heavy atom. The highest BCUT2D eigenvalue weighted by molar-refractivity contribution is 9.10. The number of hydrogen-bond donors (Lipinski definition) is 1. The molecule has 0 atom stereocenters. The molecular weight excluding hydrogens is 438 g/mol. The van der Waals surface area contributed by atoms with Crippen molar-refractivity contribution in [1.29, 1.82) is 0 Å². The number of benzene rings is 2. The number of methoxy groups -OCH3 is 1. The molecule has 29 heavy (non-hydrogen) atoms. The van der Waals surface area contributed by atoms with Crippen LogP contribution >= 0.6 is 15.9 Å². The zero-order valence-electron chi connectivity index (χ0n) is 15.4. The van der Waals surface area contributed by atoms with Crippen LogP contribution in [-0.2, 0) is 16.1 Å². The molecule has 0 aliphatic carbocycles. The molecule has 0 bridgehead atoms. The van der Waals surface area contributed by atoms with Crippen molar-refractivity contribution in [3.8, 4) is 5.75 Å². The van der Waals surface area contributed by atoms with Crippen LogP contribution in [0.5, 0.6) is 5.75 Å². The average molecular weight is 454 g/mol. The summed E-state index contributed by atoms with van der Waals surface area (Å²) in [5, 5.41) is 2.82. The number of anilines is 1. The number of hydrogen-bond acceptors (Lipinski definition) is 5. The quantitative estimate of drug-likeness (QED) is 0.439. The summed E-state index contributed by atoms with van der Waals surface area (Å²) in [6.45, 7) is -0.0115. The monoisotopic (exact) mass is 453 g/mol. The molecule has 0 spiro atoms. The van der Waals surface area contributed by atoms with Crippen molar-refractivity contribution in [2.24, 2.45) is 0 Å². The first kappa shape index (κ1) is 19.0. The zero-order valence-corrected chi connectivity index (χ0v) is 17.0. The highest BCUT2D eigenvalue weighted by atomic mass is 79.9. The van der Waals surface area contributed by atoms with Gasteiger partial charge in [0.15, 0.2) is 0 Å². The van der Waals surface area contributed by atoms with Crippen LogP contribution in [-0.4, -0.2) is 19.0 Å². The van der Waals surface area contributed by atoms with E-state index in [0.29, 0.717) is 28.4 Å². The number of esters is 1. The number of halogens is 1. The Morgan fingerprint density at radius 2 is 1.93 bits per heavy atom. The molecule has 0 fully saturated rings. The molecule has 1 amide bonds. The Bertz CT molecular complexity index is 1110. The lowest BCUT2D eigenvalue weighted by Gasteiger charge is -2.04. The molecule has 6 nitrogen and oxygen atoms in total. The number of carbonyl (C=O) groups is 2. The van der Waals surface area contributed by atoms with Crippen molar-refractivity contribution in [3.63, 3.8) is 0 Å². The lowest BCUT2D eigenvalue weighted by atomic mass is 10.1. The van der Waals surface area contributed by atoms with Gasteiger partial charge in [0.25, 0.3) is 5.91 Å². The minimum Gasteiger partial charge on any atom is -0.497 e. The standard InChI is InChI=1S/C22H16BrNO5/c1-27-15-5-2-13(3-6-15)22(26)28-12-17-8-7-16(29-17)11-19-18-10-14(23)4-9-20(18)24-21(19)25/h2-11H,12H2,1H3,(H,24,25)/b19-11-. The summed E-state index contributed by atoms with van der Waals surface area (Å²) in [4.78, 5) is 24.4. The molecule has 146 valence electrons. The van der Waals surface area contributed by atoms with Crippen LogP contribution in [0.2, 0.25) is 0 Å². The third-order valence-electron chi connectivity index (χ3n) is 4.40. The zero-order chi connectivity index (χ0) is 20.4. The predicted octanol–water partition coefficient (Wildman–Crippen LogP) is 4.90. The molecule has 0 saturated heterocycles. The first-order chi connectivity index (χ1) is 14.0. The van der Waals surface area contributed by atoms with Crippen molar-refractivity contribution in [1.82, 2.24) is 0 Å². The number of ether oxygens (including phenoxy) is 2. The van der Waals surface area contributed by atoms with E-state index in [4.69, 9.17) is 13.9 Å². The molecule has 0 radical (unpaired) electrons. The Morgan fingerprint density at radius 3 is 2.69 bits per heavy atom. The highest BCUT2D eigenvalue weighted by Crippen LogP contribution is 2.35. The van der Waals surface area contributed by atoms with Crippen LogP contribution in [0.1, 0.15) is 27.4 Å². The van der Waals surface area contributed by atoms with E-state index in [-0.39, 0.29) is 12.5 Å². The van der Waals surface area contributed by atoms with Crippen LogP contribution in [0.3, 0.4) is 0 Å². The predicted molar refractivity (Wildman–Crippen MR) is 111 cm³/mol. The van der Waals surface area contributed by atoms with E-state index >= 15 is 0 Å². The van der Waals surface area contributed by atoms with Gasteiger partial charge in [-0.2, -0.15) is 0 Å². The first-order valence-corrected chi connectivity index (χ1v) is 9.55. The number of rotatable bonds is 5. The van der Waals surface area contributed by atoms with Crippen LogP contribution < -0.4 is 10.1 Å². The van der Waals surface area contributed by atoms with E-state index in [1.54, 1.807) is 49.6 Å². The van der Waals surface area contributed by atoms with Gasteiger partial charge in [-0.05, 0) is 60.7 Å². The summed E-state index contributed by atoms with van der Waals surface area (Å²) in [6.07, 6.45) is 1.67. The Labute approximate surface area is 175 Å². The fraction of sp³-hybridized carbons (Fsp3) is 0.0909. The third-order valence-corrected chi connectivity index (χ3v) is 4.90. The number of furan rings is 1. The first-order valence-electron chi connectivity index (χ1n) is 8.76. The minimum atomic E-state index is -0.460. The summed E-state index contributed by atoms with van der Waals surface area (Å²) < 4.78 is 16.9. The second-order valence-corrected chi connectivity index (χ2v) is 7.23. The largest absolute Gasteiger partial charge is 0.497 e. The topological polar surface area (TPSA) is 77.8 Å². The van der Waals surface area contributed by atoms with Crippen molar-refractivity contribution < 1.29 is 23.5 Å². The maximum Gasteiger partial charge on any atom is 0.338 e. The fourth-order valence-electron chi connectivity index (χ4n) is 2.94. The second-order valence-electron chi connectivity index (χ2n) is 6.31. The van der Waals surface area contributed by atoms with Crippen LogP contribution in [0.25, 0.3) is 11.6 Å². The van der Waals surface area contributed by atoms with E-state index in [9.17, 15) is 9.59 Å². The van der Waals surface area contributed by atoms with Crippen molar-refractivity contribution >= 4 is 45.1 Å². The van der Waals surface area contributed by atoms with Crippen molar-refractivity contribution in [2.45, 2.75) is 6.61 Å². The van der Waals surface area contributed by atoms with Gasteiger partial charge in [0.2, 0.25) is 0 Å². The maximum absolute atomic E-state index is 12.3. The average Bonchev–Trinajstić information content (AvgIpc) is 3.31. The smallest absolute Gasteiger partial charge is 0.338 e. The number of nitrogens with one attached hydrogen (secondary N) is 1. The Kier molecular flexibility index (Phi) is 5.22. The SMILES string of the molecule is COc1ccc(C(=O)OCc2ccc(/C=C3\C(=O)Nc4ccc(Br)cc43)o2)cc1. The molecule has 1 aromatic heterocycles. The number of amides is 1. The van der Waals surface area contributed by atoms with Crippen LogP contribution in [0.4, 0.5) is 5.69 Å². The molecule has 1 aliphatic heterocycles. The third kappa shape index (κ3) is 4.09. The molecule has 7 heteroatoms. The molecule has 4 rings (SSSR count). The summed E-state index contributed by atoms with van der Waals surface area (Å²) in [7, 11) is 1.56. The van der Waals surface area contributed by atoms with Gasteiger partial charge in [0, 0.05) is 15.7 Å². The number of carbonyl (C=O) groups excluding carboxylic acids is 2. The molecule has 2 aromatic carbocycles. The summed E-state index contributed by atoms with van der Waals surface area (Å²) in [5.41, 5.74) is 2.49. The molecule has 2 heterocycles. The fourth-order valence-corrected chi connectivity index (χ4v) is 3.30. The summed E-state index contributed by atoms with van der Waals surface area (Å²) >= 11 is 3.42. The lowest BCUT2D eigenvalue weighted by Crippen LogP contribution is -2.04. The van der Waals surface area contributed by atoms with E-state index in [1.165, 1.54) is 0 Å². The van der Waals surface area contributed by atoms with Gasteiger partial charge in [-0.15, -0.1) is 0 Å². The lowest BCUT2D eigenvalue weighted by molar-refractivity contribution is -0.110. The Balaban J connectivity index is 1.45. The van der Waals surface area contributed by atoms with Crippen LogP contribution in [0.15, 0.2) is 63.5 Å². The van der Waals surface area contributed by atoms with Crippen LogP contribution in [0, 0.1) is 0 Å².